The minimum absolute atomic E-state index is 0.362. The van der Waals surface area contributed by atoms with Gasteiger partial charge >= 0.3 is 0 Å². The van der Waals surface area contributed by atoms with E-state index in [1.54, 1.807) is 0 Å². The van der Waals surface area contributed by atoms with Crippen LogP contribution in [0.3, 0.4) is 0 Å². The van der Waals surface area contributed by atoms with Crippen molar-refractivity contribution in [3.8, 4) is 0 Å². The van der Waals surface area contributed by atoms with Crippen molar-refractivity contribution in [2.75, 3.05) is 7.05 Å². The number of hydrogen-bond donors (Lipinski definition) is 1. The summed E-state index contributed by atoms with van der Waals surface area (Å²) in [6, 6.07) is 8.97. The Kier molecular flexibility index (Phi) is 3.28. The van der Waals surface area contributed by atoms with Crippen molar-refractivity contribution in [1.82, 2.24) is 10.3 Å². The summed E-state index contributed by atoms with van der Waals surface area (Å²) in [7, 11) is 2.08. The van der Waals surface area contributed by atoms with Gasteiger partial charge in [0.15, 0.2) is 0 Å². The third kappa shape index (κ3) is 2.14. The van der Waals surface area contributed by atoms with Gasteiger partial charge in [0.25, 0.3) is 0 Å². The zero-order chi connectivity index (χ0) is 13.3. The zero-order valence-corrected chi connectivity index (χ0v) is 11.8. The molecule has 0 amide bonds. The molecule has 2 nitrogen and oxygen atoms in total. The fourth-order valence-corrected chi connectivity index (χ4v) is 3.72. The smallest absolute Gasteiger partial charge is 0.0393 e. The molecule has 1 aliphatic rings. The Morgan fingerprint density at radius 3 is 2.63 bits per heavy atom. The van der Waals surface area contributed by atoms with E-state index in [0.29, 0.717) is 11.5 Å². The minimum Gasteiger partial charge on any atom is -0.312 e. The van der Waals surface area contributed by atoms with Crippen LogP contribution in [0.15, 0.2) is 36.7 Å². The Balaban J connectivity index is 2.11. The molecule has 1 aromatic carbocycles. The average molecular weight is 254 g/mol. The molecule has 2 heteroatoms. The standard InChI is InChI=1S/C17H22N2/c1-17(9-5-6-10-17)16(18-2)15-12-19-11-13-7-3-4-8-14(13)15/h3-4,7-8,11-12,16,18H,5-6,9-10H2,1-2H3. The molecule has 1 unspecified atom stereocenters. The molecule has 1 aromatic heterocycles. The van der Waals surface area contributed by atoms with Crippen molar-refractivity contribution in [3.05, 3.63) is 42.2 Å². The molecule has 1 aliphatic carbocycles. The lowest BCUT2D eigenvalue weighted by atomic mass is 9.76. The van der Waals surface area contributed by atoms with Gasteiger partial charge in [-0.1, -0.05) is 44.0 Å². The molecule has 1 saturated carbocycles. The van der Waals surface area contributed by atoms with Crippen LogP contribution in [0.5, 0.6) is 0 Å². The van der Waals surface area contributed by atoms with Crippen LogP contribution in [0.4, 0.5) is 0 Å². The average Bonchev–Trinajstić information content (AvgIpc) is 2.87. The summed E-state index contributed by atoms with van der Waals surface area (Å²) in [6.45, 7) is 2.42. The molecular formula is C17H22N2. The first-order valence-corrected chi connectivity index (χ1v) is 7.24. The highest BCUT2D eigenvalue weighted by molar-refractivity contribution is 5.85. The summed E-state index contributed by atoms with van der Waals surface area (Å²) in [5.41, 5.74) is 1.71. The van der Waals surface area contributed by atoms with Gasteiger partial charge in [0.05, 0.1) is 0 Å². The molecular weight excluding hydrogens is 232 g/mol. The Bertz CT molecular complexity index is 565. The maximum absolute atomic E-state index is 4.44. The van der Waals surface area contributed by atoms with Crippen LogP contribution >= 0.6 is 0 Å². The van der Waals surface area contributed by atoms with Gasteiger partial charge in [0.2, 0.25) is 0 Å². The van der Waals surface area contributed by atoms with E-state index in [1.165, 1.54) is 42.0 Å². The highest BCUT2D eigenvalue weighted by Crippen LogP contribution is 2.47. The predicted molar refractivity (Wildman–Crippen MR) is 80.1 cm³/mol. The summed E-state index contributed by atoms with van der Waals surface area (Å²) in [5, 5.41) is 6.13. The Morgan fingerprint density at radius 1 is 1.16 bits per heavy atom. The third-order valence-corrected chi connectivity index (χ3v) is 4.74. The van der Waals surface area contributed by atoms with E-state index in [0.717, 1.165) is 0 Å². The van der Waals surface area contributed by atoms with E-state index in [1.807, 2.05) is 12.4 Å². The Morgan fingerprint density at radius 2 is 1.89 bits per heavy atom. The molecule has 0 aliphatic heterocycles. The normalized spacial score (nSPS) is 19.7. The van der Waals surface area contributed by atoms with Gasteiger partial charge in [-0.05, 0) is 36.3 Å². The van der Waals surface area contributed by atoms with E-state index >= 15 is 0 Å². The van der Waals surface area contributed by atoms with Crippen LogP contribution < -0.4 is 5.32 Å². The number of pyridine rings is 1. The number of hydrogen-bond acceptors (Lipinski definition) is 2. The lowest BCUT2D eigenvalue weighted by Gasteiger charge is -2.34. The fourth-order valence-electron chi connectivity index (χ4n) is 3.72. The fraction of sp³-hybridized carbons (Fsp3) is 0.471. The zero-order valence-electron chi connectivity index (χ0n) is 11.8. The molecule has 0 saturated heterocycles. The number of rotatable bonds is 3. The van der Waals surface area contributed by atoms with Crippen molar-refractivity contribution >= 4 is 10.8 Å². The van der Waals surface area contributed by atoms with Gasteiger partial charge in [-0.15, -0.1) is 0 Å². The molecule has 0 spiro atoms. The molecule has 2 aromatic rings. The largest absolute Gasteiger partial charge is 0.312 e. The number of fused-ring (bicyclic) bond motifs is 1. The maximum Gasteiger partial charge on any atom is 0.0393 e. The number of benzene rings is 1. The van der Waals surface area contributed by atoms with Crippen molar-refractivity contribution < 1.29 is 0 Å². The molecule has 3 rings (SSSR count). The Labute approximate surface area is 115 Å². The molecule has 19 heavy (non-hydrogen) atoms. The van der Waals surface area contributed by atoms with Gasteiger partial charge in [-0.3, -0.25) is 4.98 Å². The van der Waals surface area contributed by atoms with Crippen LogP contribution in [0, 0.1) is 5.41 Å². The summed E-state index contributed by atoms with van der Waals surface area (Å²) < 4.78 is 0. The van der Waals surface area contributed by atoms with E-state index in [2.05, 4.69) is 48.5 Å². The second kappa shape index (κ2) is 4.93. The Hall–Kier alpha value is -1.41. The molecule has 1 atom stereocenters. The van der Waals surface area contributed by atoms with Crippen molar-refractivity contribution in [2.45, 2.75) is 38.6 Å². The summed E-state index contributed by atoms with van der Waals surface area (Å²) >= 11 is 0. The molecule has 1 fully saturated rings. The highest BCUT2D eigenvalue weighted by atomic mass is 14.9. The maximum atomic E-state index is 4.44. The van der Waals surface area contributed by atoms with E-state index in [9.17, 15) is 0 Å². The molecule has 0 radical (unpaired) electrons. The predicted octanol–water partition coefficient (Wildman–Crippen LogP) is 4.08. The lowest BCUT2D eigenvalue weighted by Crippen LogP contribution is -2.32. The first-order valence-electron chi connectivity index (χ1n) is 7.24. The van der Waals surface area contributed by atoms with Gasteiger partial charge in [-0.2, -0.15) is 0 Å². The van der Waals surface area contributed by atoms with Crippen molar-refractivity contribution in [1.29, 1.82) is 0 Å². The van der Waals surface area contributed by atoms with Gasteiger partial charge in [0.1, 0.15) is 0 Å². The third-order valence-electron chi connectivity index (χ3n) is 4.74. The summed E-state index contributed by atoms with van der Waals surface area (Å²) in [4.78, 5) is 4.44. The van der Waals surface area contributed by atoms with Gasteiger partial charge < -0.3 is 5.32 Å². The monoisotopic (exact) mass is 254 g/mol. The van der Waals surface area contributed by atoms with E-state index in [-0.39, 0.29) is 0 Å². The van der Waals surface area contributed by atoms with Gasteiger partial charge in [0, 0.05) is 23.8 Å². The quantitative estimate of drug-likeness (QED) is 0.893. The second-order valence-electron chi connectivity index (χ2n) is 6.03. The van der Waals surface area contributed by atoms with E-state index in [4.69, 9.17) is 0 Å². The second-order valence-corrected chi connectivity index (χ2v) is 6.03. The minimum atomic E-state index is 0.362. The lowest BCUT2D eigenvalue weighted by molar-refractivity contribution is 0.235. The molecule has 0 bridgehead atoms. The number of nitrogens with zero attached hydrogens (tertiary/aromatic N) is 1. The highest BCUT2D eigenvalue weighted by Gasteiger charge is 2.37. The molecule has 1 heterocycles. The topological polar surface area (TPSA) is 24.9 Å². The first-order chi connectivity index (χ1) is 9.24. The molecule has 100 valence electrons. The SMILES string of the molecule is CNC(c1cncc2ccccc12)C1(C)CCCC1. The summed E-state index contributed by atoms with van der Waals surface area (Å²) in [5.74, 6) is 0. The first kappa shape index (κ1) is 12.6. The number of nitrogens with one attached hydrogen (secondary N) is 1. The van der Waals surface area contributed by atoms with Crippen LogP contribution in [0.25, 0.3) is 10.8 Å². The van der Waals surface area contributed by atoms with Crippen LogP contribution in [-0.4, -0.2) is 12.0 Å². The van der Waals surface area contributed by atoms with Crippen molar-refractivity contribution in [3.63, 3.8) is 0 Å². The van der Waals surface area contributed by atoms with Gasteiger partial charge in [-0.25, -0.2) is 0 Å². The van der Waals surface area contributed by atoms with Crippen LogP contribution in [-0.2, 0) is 0 Å². The molecule has 1 N–H and O–H groups in total. The summed E-state index contributed by atoms with van der Waals surface area (Å²) in [6.07, 6.45) is 9.33. The van der Waals surface area contributed by atoms with Crippen molar-refractivity contribution in [2.24, 2.45) is 5.41 Å². The van der Waals surface area contributed by atoms with Crippen LogP contribution in [0.1, 0.15) is 44.2 Å². The van der Waals surface area contributed by atoms with Crippen LogP contribution in [0.2, 0.25) is 0 Å². The van der Waals surface area contributed by atoms with E-state index < -0.39 is 0 Å². The number of aromatic nitrogens is 1.